The molecule has 0 radical (unpaired) electrons. The van der Waals surface area contributed by atoms with Crippen LogP contribution in [0, 0.1) is 11.8 Å². The topological polar surface area (TPSA) is 42.7 Å². The van der Waals surface area contributed by atoms with Crippen molar-refractivity contribution < 1.29 is 0 Å². The Hall–Kier alpha value is -0.900. The molecule has 3 atom stereocenters. The molecule has 1 aliphatic carbocycles. The summed E-state index contributed by atoms with van der Waals surface area (Å²) in [5.74, 6) is 2.80. The fourth-order valence-electron chi connectivity index (χ4n) is 3.64. The minimum atomic E-state index is 0.666. The number of hydrogen-bond donors (Lipinski definition) is 1. The number of nitrogens with one attached hydrogen (secondary N) is 1. The van der Waals surface area contributed by atoms with Crippen molar-refractivity contribution in [3.63, 3.8) is 0 Å². The van der Waals surface area contributed by atoms with Gasteiger partial charge in [0.15, 0.2) is 0 Å². The number of hydrogen-bond acceptors (Lipinski definition) is 3. The molecule has 0 aliphatic heterocycles. The maximum absolute atomic E-state index is 4.52. The van der Waals surface area contributed by atoms with Crippen LogP contribution >= 0.6 is 0 Å². The number of rotatable bonds is 8. The van der Waals surface area contributed by atoms with Crippen molar-refractivity contribution in [2.75, 3.05) is 6.54 Å². The van der Waals surface area contributed by atoms with Gasteiger partial charge in [-0.15, -0.1) is 0 Å². The molecule has 1 aliphatic rings. The molecule has 2 rings (SSSR count). The Morgan fingerprint density at radius 3 is 2.81 bits per heavy atom. The highest BCUT2D eigenvalue weighted by molar-refractivity contribution is 4.94. The van der Waals surface area contributed by atoms with Crippen LogP contribution in [0.25, 0.3) is 0 Å². The van der Waals surface area contributed by atoms with Gasteiger partial charge in [0.2, 0.25) is 0 Å². The van der Waals surface area contributed by atoms with Gasteiger partial charge in [0.25, 0.3) is 0 Å². The van der Waals surface area contributed by atoms with E-state index in [1.807, 2.05) is 0 Å². The van der Waals surface area contributed by atoms with Gasteiger partial charge in [0.05, 0.1) is 0 Å². The molecule has 0 saturated heterocycles. The molecule has 120 valence electrons. The summed E-state index contributed by atoms with van der Waals surface area (Å²) in [5.41, 5.74) is 0. The summed E-state index contributed by atoms with van der Waals surface area (Å²) in [5, 5.41) is 8.16. The van der Waals surface area contributed by atoms with Gasteiger partial charge in [0.1, 0.15) is 12.2 Å². The lowest BCUT2D eigenvalue weighted by Crippen LogP contribution is -2.42. The minimum Gasteiger partial charge on any atom is -0.314 e. The molecule has 0 amide bonds. The largest absolute Gasteiger partial charge is 0.314 e. The zero-order valence-corrected chi connectivity index (χ0v) is 14.0. The Morgan fingerprint density at radius 2 is 2.10 bits per heavy atom. The highest BCUT2D eigenvalue weighted by atomic mass is 15.3. The van der Waals surface area contributed by atoms with Crippen LogP contribution < -0.4 is 5.32 Å². The predicted molar refractivity (Wildman–Crippen MR) is 87.2 cm³/mol. The van der Waals surface area contributed by atoms with E-state index >= 15 is 0 Å². The van der Waals surface area contributed by atoms with Crippen molar-refractivity contribution in [3.05, 3.63) is 12.2 Å². The van der Waals surface area contributed by atoms with Crippen LogP contribution in [0.5, 0.6) is 0 Å². The lowest BCUT2D eigenvalue weighted by Gasteiger charge is -2.36. The molecule has 1 aromatic heterocycles. The molecule has 1 saturated carbocycles. The molecule has 4 nitrogen and oxygen atoms in total. The van der Waals surface area contributed by atoms with E-state index in [4.69, 9.17) is 0 Å². The molecule has 4 heteroatoms. The SMILES string of the molecule is CCCNC1CCC(CC)CC1Cc1ncnn1CCC. The van der Waals surface area contributed by atoms with E-state index in [-0.39, 0.29) is 0 Å². The molecule has 21 heavy (non-hydrogen) atoms. The van der Waals surface area contributed by atoms with Crippen LogP contribution in [-0.4, -0.2) is 27.4 Å². The number of aryl methyl sites for hydroxylation is 1. The quantitative estimate of drug-likeness (QED) is 0.798. The van der Waals surface area contributed by atoms with Gasteiger partial charge in [-0.3, -0.25) is 4.68 Å². The van der Waals surface area contributed by atoms with Crippen molar-refractivity contribution in [1.29, 1.82) is 0 Å². The minimum absolute atomic E-state index is 0.666. The van der Waals surface area contributed by atoms with Gasteiger partial charge < -0.3 is 5.32 Å². The highest BCUT2D eigenvalue weighted by Crippen LogP contribution is 2.33. The van der Waals surface area contributed by atoms with Crippen LogP contribution in [0.1, 0.15) is 65.1 Å². The summed E-state index contributed by atoms with van der Waals surface area (Å²) in [7, 11) is 0. The third-order valence-corrected chi connectivity index (χ3v) is 4.90. The Bertz CT molecular complexity index is 401. The third kappa shape index (κ3) is 4.53. The second-order valence-electron chi connectivity index (χ2n) is 6.51. The van der Waals surface area contributed by atoms with Gasteiger partial charge in [-0.25, -0.2) is 4.98 Å². The molecule has 0 bridgehead atoms. The monoisotopic (exact) mass is 292 g/mol. The van der Waals surface area contributed by atoms with E-state index in [1.165, 1.54) is 37.9 Å². The van der Waals surface area contributed by atoms with Crippen molar-refractivity contribution >= 4 is 0 Å². The van der Waals surface area contributed by atoms with E-state index in [0.717, 1.165) is 37.8 Å². The van der Waals surface area contributed by atoms with E-state index in [1.54, 1.807) is 6.33 Å². The Kier molecular flexibility index (Phi) is 6.68. The van der Waals surface area contributed by atoms with Crippen molar-refractivity contribution in [2.45, 2.75) is 78.3 Å². The van der Waals surface area contributed by atoms with Gasteiger partial charge in [-0.1, -0.05) is 27.2 Å². The summed E-state index contributed by atoms with van der Waals surface area (Å²) in [6.45, 7) is 8.91. The molecule has 1 N–H and O–H groups in total. The number of aromatic nitrogens is 3. The van der Waals surface area contributed by atoms with Crippen molar-refractivity contribution in [3.8, 4) is 0 Å². The summed E-state index contributed by atoms with van der Waals surface area (Å²) >= 11 is 0. The second-order valence-corrected chi connectivity index (χ2v) is 6.51. The lowest BCUT2D eigenvalue weighted by atomic mass is 9.75. The summed E-state index contributed by atoms with van der Waals surface area (Å²) < 4.78 is 2.10. The summed E-state index contributed by atoms with van der Waals surface area (Å²) in [6.07, 6.45) is 10.5. The second kappa shape index (κ2) is 8.52. The summed E-state index contributed by atoms with van der Waals surface area (Å²) in [6, 6.07) is 0.666. The number of nitrogens with zero attached hydrogens (tertiary/aromatic N) is 3. The Morgan fingerprint density at radius 1 is 1.24 bits per heavy atom. The fraction of sp³-hybridized carbons (Fsp3) is 0.882. The zero-order chi connectivity index (χ0) is 15.1. The smallest absolute Gasteiger partial charge is 0.138 e. The van der Waals surface area contributed by atoms with Crippen LogP contribution in [0.4, 0.5) is 0 Å². The molecular formula is C17H32N4. The van der Waals surface area contributed by atoms with Crippen LogP contribution in [0.3, 0.4) is 0 Å². The van der Waals surface area contributed by atoms with Crippen LogP contribution in [0.2, 0.25) is 0 Å². The van der Waals surface area contributed by atoms with Crippen molar-refractivity contribution in [1.82, 2.24) is 20.1 Å². The van der Waals surface area contributed by atoms with Gasteiger partial charge in [-0.05, 0) is 50.5 Å². The van der Waals surface area contributed by atoms with Gasteiger partial charge >= 0.3 is 0 Å². The Labute approximate surface area is 129 Å². The molecule has 0 spiro atoms. The van der Waals surface area contributed by atoms with Crippen LogP contribution in [0.15, 0.2) is 6.33 Å². The Balaban J connectivity index is 2.02. The first-order chi connectivity index (χ1) is 10.3. The molecular weight excluding hydrogens is 260 g/mol. The maximum atomic E-state index is 4.52. The van der Waals surface area contributed by atoms with Gasteiger partial charge in [0, 0.05) is 19.0 Å². The standard InChI is InChI=1S/C17H32N4/c1-4-9-18-16-8-7-14(6-3)11-15(16)12-17-19-13-20-21(17)10-5-2/h13-16,18H,4-12H2,1-3H3. The summed E-state index contributed by atoms with van der Waals surface area (Å²) in [4.78, 5) is 4.52. The molecule has 3 unspecified atom stereocenters. The first-order valence-electron chi connectivity index (χ1n) is 8.88. The normalized spacial score (nSPS) is 26.1. The van der Waals surface area contributed by atoms with E-state index in [2.05, 4.69) is 40.9 Å². The molecule has 1 heterocycles. The maximum Gasteiger partial charge on any atom is 0.138 e. The molecule has 0 aromatic carbocycles. The van der Waals surface area contributed by atoms with Crippen molar-refractivity contribution in [2.24, 2.45) is 11.8 Å². The lowest BCUT2D eigenvalue weighted by molar-refractivity contribution is 0.194. The third-order valence-electron chi connectivity index (χ3n) is 4.90. The average Bonchev–Trinajstić information content (AvgIpc) is 2.93. The first kappa shape index (κ1) is 16.5. The van der Waals surface area contributed by atoms with E-state index in [9.17, 15) is 0 Å². The highest BCUT2D eigenvalue weighted by Gasteiger charge is 2.30. The average molecular weight is 292 g/mol. The van der Waals surface area contributed by atoms with Gasteiger partial charge in [-0.2, -0.15) is 5.10 Å². The molecule has 1 aromatic rings. The molecule has 1 fully saturated rings. The van der Waals surface area contributed by atoms with Crippen LogP contribution in [-0.2, 0) is 13.0 Å². The first-order valence-corrected chi connectivity index (χ1v) is 8.88. The van der Waals surface area contributed by atoms with E-state index in [0.29, 0.717) is 6.04 Å². The predicted octanol–water partition coefficient (Wildman–Crippen LogP) is 3.43. The van der Waals surface area contributed by atoms with E-state index < -0.39 is 0 Å². The zero-order valence-electron chi connectivity index (χ0n) is 14.0. The fourth-order valence-corrected chi connectivity index (χ4v) is 3.64.